The van der Waals surface area contributed by atoms with Crippen molar-refractivity contribution in [3.63, 3.8) is 0 Å². The fourth-order valence-corrected chi connectivity index (χ4v) is 2.36. The lowest BCUT2D eigenvalue weighted by Gasteiger charge is -2.11. The summed E-state index contributed by atoms with van der Waals surface area (Å²) in [5, 5.41) is 2.98. The Kier molecular flexibility index (Phi) is 4.20. The fourth-order valence-electron chi connectivity index (χ4n) is 1.82. The smallest absolute Gasteiger partial charge is 0.150 e. The standard InChI is InChI=1S/C15H14BrF2N/c1-9-3-4-11(5-10(9)2)8-19-15-13(16)6-12(17)7-14(15)18/h3-7,19H,8H2,1-2H3. The molecule has 0 spiro atoms. The molecule has 0 saturated carbocycles. The van der Waals surface area contributed by atoms with E-state index in [1.54, 1.807) is 0 Å². The highest BCUT2D eigenvalue weighted by atomic mass is 79.9. The SMILES string of the molecule is Cc1ccc(CNc2c(F)cc(F)cc2Br)cc1C. The molecule has 0 aliphatic rings. The van der Waals surface area contributed by atoms with Gasteiger partial charge in [-0.05, 0) is 52.5 Å². The number of anilines is 1. The zero-order valence-corrected chi connectivity index (χ0v) is 12.3. The van der Waals surface area contributed by atoms with E-state index in [-0.39, 0.29) is 5.69 Å². The van der Waals surface area contributed by atoms with Gasteiger partial charge < -0.3 is 5.32 Å². The first-order chi connectivity index (χ1) is 8.97. The van der Waals surface area contributed by atoms with Crippen molar-refractivity contribution in [3.05, 3.63) is 63.1 Å². The summed E-state index contributed by atoms with van der Waals surface area (Å²) in [6, 6.07) is 8.18. The van der Waals surface area contributed by atoms with E-state index in [4.69, 9.17) is 0 Å². The second kappa shape index (κ2) is 5.70. The van der Waals surface area contributed by atoms with Crippen molar-refractivity contribution in [1.29, 1.82) is 0 Å². The molecule has 0 atom stereocenters. The molecule has 19 heavy (non-hydrogen) atoms. The summed E-state index contributed by atoms with van der Waals surface area (Å²) >= 11 is 3.16. The molecule has 2 aromatic rings. The minimum absolute atomic E-state index is 0.277. The predicted octanol–water partition coefficient (Wildman–Crippen LogP) is 4.96. The highest BCUT2D eigenvalue weighted by Crippen LogP contribution is 2.27. The molecule has 4 heteroatoms. The van der Waals surface area contributed by atoms with Crippen LogP contribution in [0.15, 0.2) is 34.8 Å². The van der Waals surface area contributed by atoms with Crippen LogP contribution in [0.4, 0.5) is 14.5 Å². The van der Waals surface area contributed by atoms with Crippen molar-refractivity contribution < 1.29 is 8.78 Å². The van der Waals surface area contributed by atoms with Crippen molar-refractivity contribution in [2.24, 2.45) is 0 Å². The van der Waals surface area contributed by atoms with Crippen molar-refractivity contribution in [3.8, 4) is 0 Å². The molecule has 0 amide bonds. The third kappa shape index (κ3) is 3.32. The molecule has 0 radical (unpaired) electrons. The van der Waals surface area contributed by atoms with Crippen LogP contribution in [0.2, 0.25) is 0 Å². The molecule has 1 nitrogen and oxygen atoms in total. The predicted molar refractivity (Wildman–Crippen MR) is 77.3 cm³/mol. The van der Waals surface area contributed by atoms with Crippen molar-refractivity contribution >= 4 is 21.6 Å². The number of hydrogen-bond donors (Lipinski definition) is 1. The van der Waals surface area contributed by atoms with Gasteiger partial charge in [0.1, 0.15) is 11.6 Å². The normalized spacial score (nSPS) is 10.6. The largest absolute Gasteiger partial charge is 0.378 e. The number of nitrogens with one attached hydrogen (secondary N) is 1. The Morgan fingerprint density at radius 1 is 1.05 bits per heavy atom. The first-order valence-corrected chi connectivity index (χ1v) is 6.71. The van der Waals surface area contributed by atoms with Crippen molar-refractivity contribution in [2.45, 2.75) is 20.4 Å². The Labute approximate surface area is 119 Å². The van der Waals surface area contributed by atoms with Crippen molar-refractivity contribution in [2.75, 3.05) is 5.32 Å². The highest BCUT2D eigenvalue weighted by Gasteiger charge is 2.09. The van der Waals surface area contributed by atoms with Crippen LogP contribution < -0.4 is 5.32 Å². The highest BCUT2D eigenvalue weighted by molar-refractivity contribution is 9.10. The molecule has 2 rings (SSSR count). The minimum atomic E-state index is -0.601. The van der Waals surface area contributed by atoms with Crippen LogP contribution in [-0.2, 0) is 6.54 Å². The molecule has 100 valence electrons. The second-order valence-electron chi connectivity index (χ2n) is 4.52. The summed E-state index contributed by atoms with van der Waals surface area (Å²) in [6.45, 7) is 4.57. The third-order valence-electron chi connectivity index (χ3n) is 3.05. The van der Waals surface area contributed by atoms with Gasteiger partial charge >= 0.3 is 0 Å². The molecule has 0 unspecified atom stereocenters. The van der Waals surface area contributed by atoms with E-state index in [9.17, 15) is 8.78 Å². The van der Waals surface area contributed by atoms with Gasteiger partial charge in [0, 0.05) is 17.1 Å². The van der Waals surface area contributed by atoms with Crippen LogP contribution >= 0.6 is 15.9 Å². The maximum atomic E-state index is 13.6. The van der Waals surface area contributed by atoms with Crippen LogP contribution in [0.3, 0.4) is 0 Å². The van der Waals surface area contributed by atoms with Gasteiger partial charge in [-0.2, -0.15) is 0 Å². The van der Waals surface area contributed by atoms with E-state index in [1.165, 1.54) is 17.2 Å². The molecule has 1 N–H and O–H groups in total. The van der Waals surface area contributed by atoms with Gasteiger partial charge in [-0.1, -0.05) is 18.2 Å². The first kappa shape index (κ1) is 14.0. The van der Waals surface area contributed by atoms with Gasteiger partial charge in [0.15, 0.2) is 0 Å². The van der Waals surface area contributed by atoms with E-state index in [0.29, 0.717) is 11.0 Å². The Morgan fingerprint density at radius 2 is 1.79 bits per heavy atom. The monoisotopic (exact) mass is 325 g/mol. The number of halogens is 3. The van der Waals surface area contributed by atoms with E-state index in [0.717, 1.165) is 11.6 Å². The number of rotatable bonds is 3. The average Bonchev–Trinajstić information content (AvgIpc) is 2.32. The lowest BCUT2D eigenvalue weighted by molar-refractivity contribution is 0.583. The Hall–Kier alpha value is -1.42. The molecule has 2 aromatic carbocycles. The van der Waals surface area contributed by atoms with Gasteiger partial charge in [-0.15, -0.1) is 0 Å². The zero-order valence-electron chi connectivity index (χ0n) is 10.7. The Balaban J connectivity index is 2.16. The van der Waals surface area contributed by atoms with Crippen LogP contribution in [0.1, 0.15) is 16.7 Å². The van der Waals surface area contributed by atoms with E-state index in [1.807, 2.05) is 26.0 Å². The Morgan fingerprint density at radius 3 is 2.42 bits per heavy atom. The lowest BCUT2D eigenvalue weighted by Crippen LogP contribution is -2.03. The van der Waals surface area contributed by atoms with Crippen LogP contribution in [-0.4, -0.2) is 0 Å². The van der Waals surface area contributed by atoms with E-state index >= 15 is 0 Å². The first-order valence-electron chi connectivity index (χ1n) is 5.92. The van der Waals surface area contributed by atoms with Gasteiger partial charge in [0.2, 0.25) is 0 Å². The van der Waals surface area contributed by atoms with Gasteiger partial charge in [-0.3, -0.25) is 0 Å². The molecule has 0 saturated heterocycles. The summed E-state index contributed by atoms with van der Waals surface area (Å²) in [6.07, 6.45) is 0. The zero-order chi connectivity index (χ0) is 14.0. The van der Waals surface area contributed by atoms with Crippen LogP contribution in [0, 0.1) is 25.5 Å². The van der Waals surface area contributed by atoms with Crippen molar-refractivity contribution in [1.82, 2.24) is 0 Å². The molecule has 0 heterocycles. The summed E-state index contributed by atoms with van der Waals surface area (Å²) in [4.78, 5) is 0. The summed E-state index contributed by atoms with van der Waals surface area (Å²) in [5.41, 5.74) is 3.74. The van der Waals surface area contributed by atoms with Crippen LogP contribution in [0.25, 0.3) is 0 Å². The molecular formula is C15H14BrF2N. The third-order valence-corrected chi connectivity index (χ3v) is 3.67. The second-order valence-corrected chi connectivity index (χ2v) is 5.37. The Bertz CT molecular complexity index is 588. The van der Waals surface area contributed by atoms with E-state index < -0.39 is 11.6 Å². The average molecular weight is 326 g/mol. The van der Waals surface area contributed by atoms with Crippen LogP contribution in [0.5, 0.6) is 0 Å². The molecule has 0 fully saturated rings. The lowest BCUT2D eigenvalue weighted by atomic mass is 10.1. The number of aryl methyl sites for hydroxylation is 2. The fraction of sp³-hybridized carbons (Fsp3) is 0.200. The molecule has 0 aromatic heterocycles. The summed E-state index contributed by atoms with van der Waals surface area (Å²) in [7, 11) is 0. The molecule has 0 aliphatic heterocycles. The quantitative estimate of drug-likeness (QED) is 0.841. The molecule has 0 bridgehead atoms. The number of hydrogen-bond acceptors (Lipinski definition) is 1. The summed E-state index contributed by atoms with van der Waals surface area (Å²) < 4.78 is 27.0. The minimum Gasteiger partial charge on any atom is -0.378 e. The van der Waals surface area contributed by atoms with Gasteiger partial charge in [0.25, 0.3) is 0 Å². The maximum Gasteiger partial charge on any atom is 0.150 e. The van der Waals surface area contributed by atoms with E-state index in [2.05, 4.69) is 27.3 Å². The number of benzene rings is 2. The van der Waals surface area contributed by atoms with Gasteiger partial charge in [0.05, 0.1) is 5.69 Å². The molecule has 0 aliphatic carbocycles. The summed E-state index contributed by atoms with van der Waals surface area (Å²) in [5.74, 6) is -1.20. The van der Waals surface area contributed by atoms with Gasteiger partial charge in [-0.25, -0.2) is 8.78 Å². The topological polar surface area (TPSA) is 12.0 Å². The molecular weight excluding hydrogens is 312 g/mol. The maximum absolute atomic E-state index is 13.6.